The summed E-state index contributed by atoms with van der Waals surface area (Å²) >= 11 is 0. The van der Waals surface area contributed by atoms with E-state index in [9.17, 15) is 14.0 Å². The van der Waals surface area contributed by atoms with Gasteiger partial charge in [-0.25, -0.2) is 14.1 Å². The predicted molar refractivity (Wildman–Crippen MR) is 125 cm³/mol. The Bertz CT molecular complexity index is 1360. The van der Waals surface area contributed by atoms with E-state index in [0.29, 0.717) is 29.9 Å². The number of carbonyl (C=O) groups excluding carboxylic acids is 1. The number of fused-ring (bicyclic) bond motifs is 1. The number of amides is 1. The maximum absolute atomic E-state index is 13.2. The number of hydrogen-bond donors (Lipinski definition) is 1. The van der Waals surface area contributed by atoms with E-state index in [0.717, 1.165) is 22.5 Å². The van der Waals surface area contributed by atoms with Gasteiger partial charge in [0.15, 0.2) is 5.65 Å². The fourth-order valence-corrected chi connectivity index (χ4v) is 3.76. The van der Waals surface area contributed by atoms with E-state index in [1.807, 2.05) is 45.0 Å². The number of rotatable bonds is 7. The van der Waals surface area contributed by atoms with Gasteiger partial charge in [0.1, 0.15) is 17.0 Å². The van der Waals surface area contributed by atoms with Crippen molar-refractivity contribution in [2.45, 2.75) is 46.7 Å². The normalized spacial score (nSPS) is 11.2. The summed E-state index contributed by atoms with van der Waals surface area (Å²) in [6.45, 7) is 6.54. The highest BCUT2D eigenvalue weighted by atomic mass is 19.1. The van der Waals surface area contributed by atoms with E-state index < -0.39 is 0 Å². The second-order valence-electron chi connectivity index (χ2n) is 8.02. The van der Waals surface area contributed by atoms with Crippen molar-refractivity contribution in [3.05, 3.63) is 87.2 Å². The van der Waals surface area contributed by atoms with Gasteiger partial charge in [0.25, 0.3) is 5.56 Å². The Labute approximate surface area is 190 Å². The molecule has 1 amide bonds. The molecule has 1 N–H and O–H groups in total. The molecule has 0 saturated carbocycles. The molecular formula is C25H26FN5O2. The van der Waals surface area contributed by atoms with Gasteiger partial charge in [-0.3, -0.25) is 14.2 Å². The SMILES string of the molecule is CCn1c(=O)c(CCC(=O)NCc2ccc(F)cc2)nc2c(C)nn(-c3ccc(C)cc3)c21. The van der Waals surface area contributed by atoms with Crippen LogP contribution in [0.15, 0.2) is 53.3 Å². The molecule has 0 bridgehead atoms. The minimum atomic E-state index is -0.320. The van der Waals surface area contributed by atoms with Crippen molar-refractivity contribution < 1.29 is 9.18 Å². The molecule has 0 fully saturated rings. The Morgan fingerprint density at radius 2 is 1.76 bits per heavy atom. The third-order valence-electron chi connectivity index (χ3n) is 5.59. The molecule has 0 radical (unpaired) electrons. The Morgan fingerprint density at radius 1 is 1.06 bits per heavy atom. The van der Waals surface area contributed by atoms with E-state index in [2.05, 4.69) is 15.4 Å². The summed E-state index contributed by atoms with van der Waals surface area (Å²) in [6, 6.07) is 13.9. The maximum Gasteiger partial charge on any atom is 0.273 e. The van der Waals surface area contributed by atoms with Crippen molar-refractivity contribution >= 4 is 17.1 Å². The first kappa shape index (κ1) is 22.4. The topological polar surface area (TPSA) is 81.8 Å². The number of halogens is 1. The zero-order valence-corrected chi connectivity index (χ0v) is 18.9. The van der Waals surface area contributed by atoms with Crippen LogP contribution in [0.1, 0.15) is 35.9 Å². The second kappa shape index (κ2) is 9.36. The first-order valence-corrected chi connectivity index (χ1v) is 10.9. The second-order valence-corrected chi connectivity index (χ2v) is 8.02. The quantitative estimate of drug-likeness (QED) is 0.469. The van der Waals surface area contributed by atoms with Crippen LogP contribution in [0.5, 0.6) is 0 Å². The summed E-state index contributed by atoms with van der Waals surface area (Å²) in [5, 5.41) is 7.43. The number of benzene rings is 2. The number of nitrogens with one attached hydrogen (secondary N) is 1. The van der Waals surface area contributed by atoms with E-state index in [4.69, 9.17) is 0 Å². The van der Waals surface area contributed by atoms with Crippen LogP contribution in [-0.4, -0.2) is 25.2 Å². The first-order chi connectivity index (χ1) is 15.9. The molecule has 0 aliphatic rings. The minimum absolute atomic E-state index is 0.129. The molecule has 2 heterocycles. The Hall–Kier alpha value is -3.81. The standard InChI is InChI=1S/C25H26FN5O2/c1-4-30-24-23(17(3)29-31(24)20-11-5-16(2)6-12-20)28-21(25(30)33)13-14-22(32)27-15-18-7-9-19(26)10-8-18/h5-12H,4,13-15H2,1-3H3,(H,27,32). The molecule has 7 nitrogen and oxygen atoms in total. The van der Waals surface area contributed by atoms with Crippen molar-refractivity contribution in [3.63, 3.8) is 0 Å². The largest absolute Gasteiger partial charge is 0.352 e. The van der Waals surface area contributed by atoms with Gasteiger partial charge in [-0.2, -0.15) is 5.10 Å². The molecule has 4 rings (SSSR count). The maximum atomic E-state index is 13.2. The first-order valence-electron chi connectivity index (χ1n) is 10.9. The van der Waals surface area contributed by atoms with Gasteiger partial charge in [0.2, 0.25) is 5.91 Å². The van der Waals surface area contributed by atoms with Crippen molar-refractivity contribution in [2.24, 2.45) is 0 Å². The average Bonchev–Trinajstić information content (AvgIpc) is 3.13. The molecule has 2 aromatic heterocycles. The summed E-state index contributed by atoms with van der Waals surface area (Å²) in [4.78, 5) is 30.1. The number of nitrogens with zero attached hydrogens (tertiary/aromatic N) is 4. The van der Waals surface area contributed by atoms with Crippen LogP contribution in [-0.2, 0) is 24.3 Å². The van der Waals surface area contributed by atoms with E-state index in [-0.39, 0.29) is 30.1 Å². The molecule has 33 heavy (non-hydrogen) atoms. The zero-order valence-electron chi connectivity index (χ0n) is 18.9. The van der Waals surface area contributed by atoms with Gasteiger partial charge in [0.05, 0.1) is 11.4 Å². The van der Waals surface area contributed by atoms with Crippen molar-refractivity contribution in [1.29, 1.82) is 0 Å². The van der Waals surface area contributed by atoms with Crippen LogP contribution >= 0.6 is 0 Å². The third-order valence-corrected chi connectivity index (χ3v) is 5.59. The summed E-state index contributed by atoms with van der Waals surface area (Å²) in [6.07, 6.45) is 0.350. The van der Waals surface area contributed by atoms with Gasteiger partial charge in [-0.1, -0.05) is 29.8 Å². The molecule has 0 spiro atoms. The number of aromatic nitrogens is 4. The molecule has 2 aromatic carbocycles. The fourth-order valence-electron chi connectivity index (χ4n) is 3.76. The molecule has 0 unspecified atom stereocenters. The molecule has 170 valence electrons. The Balaban J connectivity index is 1.57. The highest BCUT2D eigenvalue weighted by molar-refractivity contribution is 5.77. The lowest BCUT2D eigenvalue weighted by atomic mass is 10.2. The number of aryl methyl sites for hydroxylation is 4. The van der Waals surface area contributed by atoms with Crippen LogP contribution in [0.2, 0.25) is 0 Å². The number of hydrogen-bond acceptors (Lipinski definition) is 4. The molecule has 4 aromatic rings. The lowest BCUT2D eigenvalue weighted by Crippen LogP contribution is -2.28. The van der Waals surface area contributed by atoms with Gasteiger partial charge >= 0.3 is 0 Å². The van der Waals surface area contributed by atoms with Gasteiger partial charge in [-0.05, 0) is 50.6 Å². The van der Waals surface area contributed by atoms with Crippen molar-refractivity contribution in [2.75, 3.05) is 0 Å². The monoisotopic (exact) mass is 447 g/mol. The van der Waals surface area contributed by atoms with Crippen LogP contribution in [0.3, 0.4) is 0 Å². The predicted octanol–water partition coefficient (Wildman–Crippen LogP) is 3.61. The van der Waals surface area contributed by atoms with Crippen molar-refractivity contribution in [3.8, 4) is 5.69 Å². The van der Waals surface area contributed by atoms with Gasteiger partial charge in [-0.15, -0.1) is 0 Å². The smallest absolute Gasteiger partial charge is 0.273 e. The van der Waals surface area contributed by atoms with Crippen molar-refractivity contribution in [1.82, 2.24) is 24.6 Å². The lowest BCUT2D eigenvalue weighted by molar-refractivity contribution is -0.121. The molecule has 8 heteroatoms. The Morgan fingerprint density at radius 3 is 2.42 bits per heavy atom. The molecule has 0 aliphatic heterocycles. The Kier molecular flexibility index (Phi) is 6.35. The molecule has 0 aliphatic carbocycles. The van der Waals surface area contributed by atoms with Crippen LogP contribution in [0.25, 0.3) is 16.9 Å². The fraction of sp³-hybridized carbons (Fsp3) is 0.280. The highest BCUT2D eigenvalue weighted by Gasteiger charge is 2.19. The highest BCUT2D eigenvalue weighted by Crippen LogP contribution is 2.20. The summed E-state index contributed by atoms with van der Waals surface area (Å²) < 4.78 is 16.4. The minimum Gasteiger partial charge on any atom is -0.352 e. The van der Waals surface area contributed by atoms with E-state index >= 15 is 0 Å². The average molecular weight is 448 g/mol. The van der Waals surface area contributed by atoms with E-state index in [1.54, 1.807) is 21.4 Å². The van der Waals surface area contributed by atoms with Gasteiger partial charge in [0, 0.05) is 25.9 Å². The molecular weight excluding hydrogens is 421 g/mol. The third kappa shape index (κ3) is 4.69. The summed E-state index contributed by atoms with van der Waals surface area (Å²) in [7, 11) is 0. The summed E-state index contributed by atoms with van der Waals surface area (Å²) in [5.74, 6) is -0.518. The van der Waals surface area contributed by atoms with E-state index in [1.165, 1.54) is 12.1 Å². The molecule has 0 saturated heterocycles. The van der Waals surface area contributed by atoms with Crippen LogP contribution in [0, 0.1) is 19.7 Å². The van der Waals surface area contributed by atoms with Crippen LogP contribution < -0.4 is 10.9 Å². The van der Waals surface area contributed by atoms with Crippen LogP contribution in [0.4, 0.5) is 4.39 Å². The molecule has 0 atom stereocenters. The zero-order chi connectivity index (χ0) is 23.5. The lowest BCUT2D eigenvalue weighted by Gasteiger charge is -2.11. The summed E-state index contributed by atoms with van der Waals surface area (Å²) in [5.41, 5.74) is 4.93. The number of carbonyl (C=O) groups is 1. The van der Waals surface area contributed by atoms with Gasteiger partial charge < -0.3 is 5.32 Å².